The summed E-state index contributed by atoms with van der Waals surface area (Å²) < 4.78 is 13.4. The smallest absolute Gasteiger partial charge is 0.287 e. The first-order valence-electron chi connectivity index (χ1n) is 5.02. The molecule has 3 nitrogen and oxygen atoms in total. The van der Waals surface area contributed by atoms with Crippen molar-refractivity contribution in [2.45, 2.75) is 38.0 Å². The van der Waals surface area contributed by atoms with E-state index in [1.54, 1.807) is 0 Å². The Balaban J connectivity index is 2.30. The molecule has 1 heterocycles. The molecule has 76 valence electrons. The molecule has 1 aromatic heterocycles. The standard InChI is InChI=1S/C10H13FN2O/c11-8-9(12-6-13-10(8)14)7-4-2-1-3-5-7/h6-7H,1-5H2,(H,12,13,14). The van der Waals surface area contributed by atoms with Gasteiger partial charge in [-0.2, -0.15) is 4.39 Å². The fraction of sp³-hybridized carbons (Fsp3) is 0.600. The number of hydrogen-bond donors (Lipinski definition) is 1. The van der Waals surface area contributed by atoms with Gasteiger partial charge in [-0.15, -0.1) is 0 Å². The predicted molar refractivity (Wildman–Crippen MR) is 50.6 cm³/mol. The number of nitrogens with zero attached hydrogens (tertiary/aromatic N) is 1. The van der Waals surface area contributed by atoms with Crippen LogP contribution in [0.1, 0.15) is 43.7 Å². The molecule has 0 bridgehead atoms. The Bertz CT molecular complexity index is 369. The lowest BCUT2D eigenvalue weighted by Gasteiger charge is -2.20. The van der Waals surface area contributed by atoms with Crippen LogP contribution in [0.2, 0.25) is 0 Å². The van der Waals surface area contributed by atoms with E-state index in [4.69, 9.17) is 0 Å². The summed E-state index contributed by atoms with van der Waals surface area (Å²) in [5.41, 5.74) is -0.297. The maximum absolute atomic E-state index is 13.4. The van der Waals surface area contributed by atoms with Crippen LogP contribution in [0, 0.1) is 5.82 Å². The van der Waals surface area contributed by atoms with Crippen molar-refractivity contribution >= 4 is 0 Å². The SMILES string of the molecule is O=c1[nH]cnc(C2CCCCC2)c1F. The molecule has 0 spiro atoms. The molecular weight excluding hydrogens is 183 g/mol. The van der Waals surface area contributed by atoms with Gasteiger partial charge in [0.2, 0.25) is 5.82 Å². The molecule has 1 N–H and O–H groups in total. The minimum absolute atomic E-state index is 0.144. The molecule has 1 aliphatic rings. The van der Waals surface area contributed by atoms with Gasteiger partial charge in [0.15, 0.2) is 0 Å². The average molecular weight is 196 g/mol. The number of H-pyrrole nitrogens is 1. The number of rotatable bonds is 1. The van der Waals surface area contributed by atoms with E-state index in [2.05, 4.69) is 9.97 Å². The fourth-order valence-corrected chi connectivity index (χ4v) is 2.06. The summed E-state index contributed by atoms with van der Waals surface area (Å²) in [6.45, 7) is 0. The fourth-order valence-electron chi connectivity index (χ4n) is 2.06. The van der Waals surface area contributed by atoms with Gasteiger partial charge in [0.25, 0.3) is 5.56 Å². The molecule has 0 aliphatic heterocycles. The van der Waals surface area contributed by atoms with Gasteiger partial charge >= 0.3 is 0 Å². The highest BCUT2D eigenvalue weighted by Gasteiger charge is 2.21. The van der Waals surface area contributed by atoms with Gasteiger partial charge in [0, 0.05) is 5.92 Å². The van der Waals surface area contributed by atoms with Crippen LogP contribution in [-0.4, -0.2) is 9.97 Å². The second-order valence-electron chi connectivity index (χ2n) is 3.77. The summed E-state index contributed by atoms with van der Waals surface area (Å²) in [4.78, 5) is 17.2. The maximum atomic E-state index is 13.4. The highest BCUT2D eigenvalue weighted by molar-refractivity contribution is 5.09. The first-order valence-corrected chi connectivity index (χ1v) is 5.02. The Morgan fingerprint density at radius 1 is 1.36 bits per heavy atom. The first kappa shape index (κ1) is 9.37. The quantitative estimate of drug-likeness (QED) is 0.746. The van der Waals surface area contributed by atoms with Gasteiger partial charge in [-0.3, -0.25) is 4.79 Å². The van der Waals surface area contributed by atoms with E-state index in [0.717, 1.165) is 25.7 Å². The van der Waals surface area contributed by atoms with Crippen LogP contribution < -0.4 is 5.56 Å². The van der Waals surface area contributed by atoms with Gasteiger partial charge in [-0.1, -0.05) is 19.3 Å². The normalized spacial score (nSPS) is 18.4. The van der Waals surface area contributed by atoms with E-state index in [-0.39, 0.29) is 5.92 Å². The van der Waals surface area contributed by atoms with Crippen LogP contribution in [0.25, 0.3) is 0 Å². The number of hydrogen-bond acceptors (Lipinski definition) is 2. The van der Waals surface area contributed by atoms with Crippen LogP contribution in [0.4, 0.5) is 4.39 Å². The minimum Gasteiger partial charge on any atom is -0.311 e. The lowest BCUT2D eigenvalue weighted by Crippen LogP contribution is -2.18. The van der Waals surface area contributed by atoms with Crippen LogP contribution in [0.5, 0.6) is 0 Å². The van der Waals surface area contributed by atoms with Crippen LogP contribution in [0.3, 0.4) is 0 Å². The maximum Gasteiger partial charge on any atom is 0.287 e. The Labute approximate surface area is 81.4 Å². The zero-order valence-electron chi connectivity index (χ0n) is 7.92. The second-order valence-corrected chi connectivity index (χ2v) is 3.77. The third-order valence-electron chi connectivity index (χ3n) is 2.82. The summed E-state index contributed by atoms with van der Waals surface area (Å²) in [5.74, 6) is -0.551. The van der Waals surface area contributed by atoms with Crippen molar-refractivity contribution in [1.82, 2.24) is 9.97 Å². The van der Waals surface area contributed by atoms with Gasteiger partial charge in [0.1, 0.15) is 0 Å². The van der Waals surface area contributed by atoms with E-state index in [1.165, 1.54) is 12.7 Å². The summed E-state index contributed by atoms with van der Waals surface area (Å²) >= 11 is 0. The van der Waals surface area contributed by atoms with Crippen molar-refractivity contribution in [2.75, 3.05) is 0 Å². The Kier molecular flexibility index (Phi) is 2.61. The monoisotopic (exact) mass is 196 g/mol. The molecule has 1 aliphatic carbocycles. The van der Waals surface area contributed by atoms with E-state index in [0.29, 0.717) is 5.69 Å². The summed E-state index contributed by atoms with van der Waals surface area (Å²) in [6, 6.07) is 0. The van der Waals surface area contributed by atoms with Crippen molar-refractivity contribution in [3.8, 4) is 0 Å². The number of nitrogens with one attached hydrogen (secondary N) is 1. The zero-order chi connectivity index (χ0) is 9.97. The first-order chi connectivity index (χ1) is 6.79. The minimum atomic E-state index is -0.695. The lowest BCUT2D eigenvalue weighted by atomic mass is 9.87. The Morgan fingerprint density at radius 2 is 2.07 bits per heavy atom. The Morgan fingerprint density at radius 3 is 2.79 bits per heavy atom. The molecule has 14 heavy (non-hydrogen) atoms. The molecular formula is C10H13FN2O. The highest BCUT2D eigenvalue weighted by Crippen LogP contribution is 2.31. The number of halogens is 1. The second kappa shape index (κ2) is 3.90. The Hall–Kier alpha value is -1.19. The number of aromatic nitrogens is 2. The average Bonchev–Trinajstić information content (AvgIpc) is 2.23. The molecule has 4 heteroatoms. The van der Waals surface area contributed by atoms with Crippen molar-refractivity contribution in [2.24, 2.45) is 0 Å². The van der Waals surface area contributed by atoms with E-state index < -0.39 is 11.4 Å². The topological polar surface area (TPSA) is 45.8 Å². The van der Waals surface area contributed by atoms with E-state index in [1.807, 2.05) is 0 Å². The molecule has 2 rings (SSSR count). The van der Waals surface area contributed by atoms with Crippen molar-refractivity contribution in [3.05, 3.63) is 28.2 Å². The number of aromatic amines is 1. The zero-order valence-corrected chi connectivity index (χ0v) is 7.92. The molecule has 0 amide bonds. The van der Waals surface area contributed by atoms with Crippen LogP contribution >= 0.6 is 0 Å². The third-order valence-corrected chi connectivity index (χ3v) is 2.82. The van der Waals surface area contributed by atoms with Crippen molar-refractivity contribution in [1.29, 1.82) is 0 Å². The predicted octanol–water partition coefficient (Wildman–Crippen LogP) is 1.96. The largest absolute Gasteiger partial charge is 0.311 e. The van der Waals surface area contributed by atoms with Gasteiger partial charge < -0.3 is 4.98 Å². The van der Waals surface area contributed by atoms with E-state index >= 15 is 0 Å². The molecule has 0 aromatic carbocycles. The van der Waals surface area contributed by atoms with Crippen molar-refractivity contribution < 1.29 is 4.39 Å². The van der Waals surface area contributed by atoms with Crippen LogP contribution in [0.15, 0.2) is 11.1 Å². The van der Waals surface area contributed by atoms with E-state index in [9.17, 15) is 9.18 Å². The van der Waals surface area contributed by atoms with Gasteiger partial charge in [-0.05, 0) is 12.8 Å². The third kappa shape index (κ3) is 1.69. The highest BCUT2D eigenvalue weighted by atomic mass is 19.1. The summed E-state index contributed by atoms with van der Waals surface area (Å²) in [7, 11) is 0. The summed E-state index contributed by atoms with van der Waals surface area (Å²) in [5, 5.41) is 0. The molecule has 1 aromatic rings. The molecule has 1 fully saturated rings. The molecule has 0 unspecified atom stereocenters. The molecule has 0 atom stereocenters. The van der Waals surface area contributed by atoms with Gasteiger partial charge in [0.05, 0.1) is 12.0 Å². The van der Waals surface area contributed by atoms with Gasteiger partial charge in [-0.25, -0.2) is 4.98 Å². The molecule has 0 saturated heterocycles. The lowest BCUT2D eigenvalue weighted by molar-refractivity contribution is 0.417. The van der Waals surface area contributed by atoms with Crippen LogP contribution in [-0.2, 0) is 0 Å². The van der Waals surface area contributed by atoms with Crippen molar-refractivity contribution in [3.63, 3.8) is 0 Å². The summed E-state index contributed by atoms with van der Waals surface area (Å²) in [6.07, 6.45) is 6.62. The molecule has 0 radical (unpaired) electrons. The molecule has 1 saturated carbocycles.